The van der Waals surface area contributed by atoms with Gasteiger partial charge in [-0.05, 0) is 35.1 Å². The maximum Gasteiger partial charge on any atom is 0.0283 e. The molecule has 2 aliphatic carbocycles. The van der Waals surface area contributed by atoms with Gasteiger partial charge in [0, 0.05) is 5.41 Å². The van der Waals surface area contributed by atoms with Crippen molar-refractivity contribution < 1.29 is 0 Å². The van der Waals surface area contributed by atoms with Crippen LogP contribution in [0.1, 0.15) is 35.1 Å². The molecular formula is C19H16. The van der Waals surface area contributed by atoms with Gasteiger partial charge in [-0.3, -0.25) is 0 Å². The molecule has 92 valence electrons. The van der Waals surface area contributed by atoms with E-state index in [2.05, 4.69) is 72.8 Å². The summed E-state index contributed by atoms with van der Waals surface area (Å²) in [5.41, 5.74) is 5.86. The van der Waals surface area contributed by atoms with Crippen LogP contribution >= 0.6 is 0 Å². The average molecular weight is 244 g/mol. The number of allylic oxidation sites excluding steroid dienone is 2. The summed E-state index contributed by atoms with van der Waals surface area (Å²) in [6.45, 7) is 0. The molecule has 0 aromatic heterocycles. The summed E-state index contributed by atoms with van der Waals surface area (Å²) in [6, 6.07) is 17.7. The molecule has 0 fully saturated rings. The van der Waals surface area contributed by atoms with Gasteiger partial charge in [0.25, 0.3) is 0 Å². The zero-order valence-corrected chi connectivity index (χ0v) is 10.8. The molecule has 0 N–H and O–H groups in total. The van der Waals surface area contributed by atoms with E-state index in [0.717, 1.165) is 12.8 Å². The molecule has 0 saturated heterocycles. The Morgan fingerprint density at radius 3 is 1.63 bits per heavy atom. The molecule has 0 unspecified atom stereocenters. The normalized spacial score (nSPS) is 18.1. The molecule has 0 radical (unpaired) electrons. The van der Waals surface area contributed by atoms with Crippen molar-refractivity contribution in [2.24, 2.45) is 0 Å². The minimum atomic E-state index is 0.149. The minimum Gasteiger partial charge on any atom is -0.0827 e. The van der Waals surface area contributed by atoms with Crippen LogP contribution in [0, 0.1) is 0 Å². The maximum absolute atomic E-state index is 2.33. The Kier molecular flexibility index (Phi) is 2.25. The van der Waals surface area contributed by atoms with E-state index in [9.17, 15) is 0 Å². The van der Waals surface area contributed by atoms with Crippen molar-refractivity contribution in [2.75, 3.05) is 0 Å². The van der Waals surface area contributed by atoms with Crippen molar-refractivity contribution in [1.82, 2.24) is 0 Å². The zero-order valence-electron chi connectivity index (χ0n) is 10.8. The van der Waals surface area contributed by atoms with Crippen LogP contribution in [-0.4, -0.2) is 0 Å². The van der Waals surface area contributed by atoms with Crippen LogP contribution in [0.25, 0.3) is 12.2 Å². The molecule has 0 amide bonds. The third-order valence-electron chi connectivity index (χ3n) is 4.48. The fourth-order valence-corrected chi connectivity index (χ4v) is 3.60. The first kappa shape index (κ1) is 10.8. The first-order valence-corrected chi connectivity index (χ1v) is 6.92. The summed E-state index contributed by atoms with van der Waals surface area (Å²) in [5.74, 6) is 0. The molecule has 0 heterocycles. The van der Waals surface area contributed by atoms with Crippen LogP contribution in [0.4, 0.5) is 0 Å². The van der Waals surface area contributed by atoms with Crippen molar-refractivity contribution >= 4 is 12.2 Å². The van der Waals surface area contributed by atoms with Gasteiger partial charge in [-0.25, -0.2) is 0 Å². The SMILES string of the molecule is C1=Cc2ccccc2C2(C1)CC=Cc1ccccc12. The van der Waals surface area contributed by atoms with E-state index in [-0.39, 0.29) is 5.41 Å². The van der Waals surface area contributed by atoms with Crippen LogP contribution < -0.4 is 0 Å². The topological polar surface area (TPSA) is 0 Å². The van der Waals surface area contributed by atoms with E-state index in [1.54, 1.807) is 0 Å². The van der Waals surface area contributed by atoms with Crippen LogP contribution in [0.15, 0.2) is 60.7 Å². The molecule has 4 rings (SSSR count). The largest absolute Gasteiger partial charge is 0.0827 e. The van der Waals surface area contributed by atoms with E-state index in [1.807, 2.05) is 0 Å². The summed E-state index contributed by atoms with van der Waals surface area (Å²) in [5, 5.41) is 0. The standard InChI is InChI=1S/C19H16/c1-3-11-17-15(7-1)9-5-13-19(17)14-6-10-16-8-2-4-12-18(16)19/h1-12H,13-14H2. The molecule has 19 heavy (non-hydrogen) atoms. The van der Waals surface area contributed by atoms with E-state index in [1.165, 1.54) is 22.3 Å². The van der Waals surface area contributed by atoms with Gasteiger partial charge in [0.2, 0.25) is 0 Å². The second-order valence-corrected chi connectivity index (χ2v) is 5.47. The van der Waals surface area contributed by atoms with Crippen molar-refractivity contribution in [3.8, 4) is 0 Å². The molecule has 2 aromatic rings. The van der Waals surface area contributed by atoms with E-state index >= 15 is 0 Å². The van der Waals surface area contributed by atoms with E-state index < -0.39 is 0 Å². The Hall–Kier alpha value is -2.08. The van der Waals surface area contributed by atoms with Crippen molar-refractivity contribution in [3.63, 3.8) is 0 Å². The number of benzene rings is 2. The van der Waals surface area contributed by atoms with Crippen molar-refractivity contribution in [3.05, 3.63) is 82.9 Å². The van der Waals surface area contributed by atoms with Gasteiger partial charge in [0.05, 0.1) is 0 Å². The van der Waals surface area contributed by atoms with Crippen LogP contribution in [0.3, 0.4) is 0 Å². The lowest BCUT2D eigenvalue weighted by Crippen LogP contribution is -2.31. The Morgan fingerprint density at radius 2 is 1.11 bits per heavy atom. The highest BCUT2D eigenvalue weighted by Crippen LogP contribution is 2.47. The van der Waals surface area contributed by atoms with Gasteiger partial charge in [0.1, 0.15) is 0 Å². The first-order valence-electron chi connectivity index (χ1n) is 6.92. The number of hydrogen-bond donors (Lipinski definition) is 0. The van der Waals surface area contributed by atoms with Crippen molar-refractivity contribution in [2.45, 2.75) is 18.3 Å². The van der Waals surface area contributed by atoms with Gasteiger partial charge in [-0.2, -0.15) is 0 Å². The number of rotatable bonds is 0. The third kappa shape index (κ3) is 1.46. The summed E-state index contributed by atoms with van der Waals surface area (Å²) in [6.07, 6.45) is 11.4. The zero-order chi connectivity index (χ0) is 12.7. The third-order valence-corrected chi connectivity index (χ3v) is 4.48. The first-order chi connectivity index (χ1) is 9.40. The summed E-state index contributed by atoms with van der Waals surface area (Å²) in [4.78, 5) is 0. The molecule has 0 saturated carbocycles. The lowest BCUT2D eigenvalue weighted by molar-refractivity contribution is 0.518. The lowest BCUT2D eigenvalue weighted by Gasteiger charge is -2.39. The minimum absolute atomic E-state index is 0.149. The Balaban J connectivity index is 2.02. The van der Waals surface area contributed by atoms with Gasteiger partial charge in [0.15, 0.2) is 0 Å². The summed E-state index contributed by atoms with van der Waals surface area (Å²) >= 11 is 0. The fraction of sp³-hybridized carbons (Fsp3) is 0.158. The molecule has 0 aliphatic heterocycles. The van der Waals surface area contributed by atoms with Crippen LogP contribution in [0.2, 0.25) is 0 Å². The molecule has 0 nitrogen and oxygen atoms in total. The molecular weight excluding hydrogens is 228 g/mol. The highest BCUT2D eigenvalue weighted by atomic mass is 14.4. The quantitative estimate of drug-likeness (QED) is 0.624. The number of hydrogen-bond acceptors (Lipinski definition) is 0. The van der Waals surface area contributed by atoms with E-state index in [0.29, 0.717) is 0 Å². The van der Waals surface area contributed by atoms with E-state index in [4.69, 9.17) is 0 Å². The van der Waals surface area contributed by atoms with Gasteiger partial charge in [-0.15, -0.1) is 0 Å². The summed E-state index contributed by atoms with van der Waals surface area (Å²) in [7, 11) is 0. The smallest absolute Gasteiger partial charge is 0.0283 e. The second kappa shape index (κ2) is 3.96. The second-order valence-electron chi connectivity index (χ2n) is 5.47. The van der Waals surface area contributed by atoms with Gasteiger partial charge in [-0.1, -0.05) is 72.8 Å². The predicted octanol–water partition coefficient (Wildman–Crippen LogP) is 4.81. The molecule has 2 aliphatic rings. The molecule has 1 spiro atoms. The predicted molar refractivity (Wildman–Crippen MR) is 81.0 cm³/mol. The Morgan fingerprint density at radius 1 is 0.632 bits per heavy atom. The highest BCUT2D eigenvalue weighted by molar-refractivity contribution is 5.68. The Labute approximate surface area is 114 Å². The molecule has 2 aromatic carbocycles. The lowest BCUT2D eigenvalue weighted by atomic mass is 9.63. The number of fused-ring (bicyclic) bond motifs is 4. The van der Waals surface area contributed by atoms with Gasteiger partial charge < -0.3 is 0 Å². The van der Waals surface area contributed by atoms with Crippen LogP contribution in [0.5, 0.6) is 0 Å². The summed E-state index contributed by atoms with van der Waals surface area (Å²) < 4.78 is 0. The molecule has 0 atom stereocenters. The monoisotopic (exact) mass is 244 g/mol. The van der Waals surface area contributed by atoms with Gasteiger partial charge >= 0.3 is 0 Å². The average Bonchev–Trinajstić information content (AvgIpc) is 2.48. The highest BCUT2D eigenvalue weighted by Gasteiger charge is 2.37. The Bertz CT molecular complexity index is 627. The van der Waals surface area contributed by atoms with Crippen molar-refractivity contribution in [1.29, 1.82) is 0 Å². The molecule has 0 bridgehead atoms. The van der Waals surface area contributed by atoms with Crippen LogP contribution in [-0.2, 0) is 5.41 Å². The maximum atomic E-state index is 2.33. The fourth-order valence-electron chi connectivity index (χ4n) is 3.60. The molecule has 0 heteroatoms.